The van der Waals surface area contributed by atoms with Gasteiger partial charge in [0.1, 0.15) is 10.7 Å². The van der Waals surface area contributed by atoms with Gasteiger partial charge in [-0.25, -0.2) is 18.1 Å². The van der Waals surface area contributed by atoms with E-state index >= 15 is 0 Å². The molecular weight excluding hydrogens is 314 g/mol. The number of anilines is 1. The molecule has 6 nitrogen and oxygen atoms in total. The zero-order chi connectivity index (χ0) is 15.3. The summed E-state index contributed by atoms with van der Waals surface area (Å²) in [6.45, 7) is 2.06. The zero-order valence-electron chi connectivity index (χ0n) is 11.8. The van der Waals surface area contributed by atoms with Crippen molar-refractivity contribution >= 4 is 27.4 Å². The van der Waals surface area contributed by atoms with E-state index in [1.54, 1.807) is 0 Å². The number of methoxy groups -OCH3 is 1. The van der Waals surface area contributed by atoms with Gasteiger partial charge in [0.25, 0.3) is 0 Å². The van der Waals surface area contributed by atoms with Crippen LogP contribution in [-0.2, 0) is 14.8 Å². The molecule has 1 aromatic heterocycles. The number of sulfonamides is 1. The maximum Gasteiger partial charge on any atom is 0.242 e. The van der Waals surface area contributed by atoms with E-state index < -0.39 is 10.0 Å². The van der Waals surface area contributed by atoms with E-state index in [9.17, 15) is 8.42 Å². The molecule has 2 heterocycles. The lowest BCUT2D eigenvalue weighted by molar-refractivity contribution is 0.204. The summed E-state index contributed by atoms with van der Waals surface area (Å²) in [5, 5.41) is 0.333. The highest BCUT2D eigenvalue weighted by atomic mass is 35.5. The topological polar surface area (TPSA) is 71.5 Å². The van der Waals surface area contributed by atoms with Gasteiger partial charge in [0.05, 0.1) is 11.6 Å². The summed E-state index contributed by atoms with van der Waals surface area (Å²) < 4.78 is 31.4. The Labute approximate surface area is 129 Å². The Morgan fingerprint density at radius 2 is 2.29 bits per heavy atom. The van der Waals surface area contributed by atoms with Gasteiger partial charge in [0, 0.05) is 32.9 Å². The van der Waals surface area contributed by atoms with E-state index in [0.29, 0.717) is 17.4 Å². The number of hydrogen-bond donors (Lipinski definition) is 1. The number of ether oxygens (including phenoxy) is 1. The summed E-state index contributed by atoms with van der Waals surface area (Å²) in [4.78, 5) is 6.27. The number of nitrogens with zero attached hydrogens (tertiary/aromatic N) is 2. The number of pyridine rings is 1. The van der Waals surface area contributed by atoms with Crippen molar-refractivity contribution in [2.24, 2.45) is 0 Å². The van der Waals surface area contributed by atoms with Crippen molar-refractivity contribution in [1.82, 2.24) is 9.71 Å². The molecule has 0 bridgehead atoms. The third-order valence-electron chi connectivity index (χ3n) is 3.06. The zero-order valence-corrected chi connectivity index (χ0v) is 13.3. The second-order valence-corrected chi connectivity index (χ2v) is 6.75. The molecule has 1 N–H and O–H groups in total. The molecule has 0 saturated carbocycles. The highest BCUT2D eigenvalue weighted by Gasteiger charge is 2.18. The van der Waals surface area contributed by atoms with Gasteiger partial charge in [0.2, 0.25) is 10.0 Å². The van der Waals surface area contributed by atoms with E-state index in [-0.39, 0.29) is 11.4 Å². The van der Waals surface area contributed by atoms with Gasteiger partial charge < -0.3 is 9.64 Å². The lowest BCUT2D eigenvalue weighted by Crippen LogP contribution is -2.29. The molecule has 2 rings (SSSR count). The van der Waals surface area contributed by atoms with Crippen LogP contribution in [0.15, 0.2) is 29.3 Å². The van der Waals surface area contributed by atoms with Crippen LogP contribution < -0.4 is 9.62 Å². The summed E-state index contributed by atoms with van der Waals surface area (Å²) in [6, 6.07) is 1.43. The lowest BCUT2D eigenvalue weighted by atomic mass is 10.2. The van der Waals surface area contributed by atoms with Crippen LogP contribution in [0, 0.1) is 0 Å². The second-order valence-electron chi connectivity index (χ2n) is 4.57. The Hall–Kier alpha value is -1.15. The van der Waals surface area contributed by atoms with Crippen LogP contribution in [0.1, 0.15) is 6.42 Å². The van der Waals surface area contributed by atoms with Gasteiger partial charge in [-0.2, -0.15) is 0 Å². The molecule has 1 aliphatic heterocycles. The van der Waals surface area contributed by atoms with Gasteiger partial charge in [-0.3, -0.25) is 0 Å². The summed E-state index contributed by atoms with van der Waals surface area (Å²) >= 11 is 6.18. The predicted molar refractivity (Wildman–Crippen MR) is 82.3 cm³/mol. The molecule has 21 heavy (non-hydrogen) atoms. The van der Waals surface area contributed by atoms with Crippen LogP contribution in [0.2, 0.25) is 5.02 Å². The number of halogens is 1. The van der Waals surface area contributed by atoms with E-state index in [0.717, 1.165) is 19.5 Å². The number of hydrogen-bond acceptors (Lipinski definition) is 5. The molecule has 116 valence electrons. The number of rotatable bonds is 6. The third kappa shape index (κ3) is 4.16. The van der Waals surface area contributed by atoms with Gasteiger partial charge >= 0.3 is 0 Å². The number of aromatic nitrogens is 1. The van der Waals surface area contributed by atoms with Crippen LogP contribution in [0.4, 0.5) is 5.82 Å². The average molecular weight is 332 g/mol. The van der Waals surface area contributed by atoms with Crippen molar-refractivity contribution < 1.29 is 13.2 Å². The van der Waals surface area contributed by atoms with E-state index in [4.69, 9.17) is 16.3 Å². The molecule has 0 spiro atoms. The van der Waals surface area contributed by atoms with Crippen LogP contribution in [0.25, 0.3) is 0 Å². The monoisotopic (exact) mass is 331 g/mol. The predicted octanol–water partition coefficient (Wildman–Crippen LogP) is 1.43. The highest BCUT2D eigenvalue weighted by molar-refractivity contribution is 7.89. The van der Waals surface area contributed by atoms with E-state index in [1.807, 2.05) is 11.0 Å². The Bertz CT molecular complexity index is 619. The third-order valence-corrected chi connectivity index (χ3v) is 4.77. The minimum atomic E-state index is -3.61. The molecule has 0 atom stereocenters. The summed E-state index contributed by atoms with van der Waals surface area (Å²) in [5.41, 5.74) is 0. The molecule has 0 radical (unpaired) electrons. The maximum atomic E-state index is 12.1. The summed E-state index contributed by atoms with van der Waals surface area (Å²) in [5.74, 6) is 0.608. The van der Waals surface area contributed by atoms with Gasteiger partial charge in [-0.1, -0.05) is 23.8 Å². The van der Waals surface area contributed by atoms with E-state index in [2.05, 4.69) is 15.8 Å². The highest BCUT2D eigenvalue weighted by Crippen LogP contribution is 2.26. The Morgan fingerprint density at radius 1 is 1.48 bits per heavy atom. The minimum absolute atomic E-state index is 0.0555. The van der Waals surface area contributed by atoms with Crippen molar-refractivity contribution in [3.8, 4) is 0 Å². The summed E-state index contributed by atoms with van der Waals surface area (Å²) in [7, 11) is -2.10. The number of nitrogens with one attached hydrogen (secondary N) is 1. The Morgan fingerprint density at radius 3 is 2.90 bits per heavy atom. The first-order chi connectivity index (χ1) is 10.0. The molecule has 1 aliphatic rings. The fraction of sp³-hybridized carbons (Fsp3) is 0.462. The van der Waals surface area contributed by atoms with Gasteiger partial charge in [-0.15, -0.1) is 0 Å². The van der Waals surface area contributed by atoms with Crippen molar-refractivity contribution in [2.45, 2.75) is 11.3 Å². The smallest absolute Gasteiger partial charge is 0.242 e. The van der Waals surface area contributed by atoms with Crippen molar-refractivity contribution in [3.05, 3.63) is 29.4 Å². The minimum Gasteiger partial charge on any atom is -0.383 e. The first-order valence-electron chi connectivity index (χ1n) is 6.58. The van der Waals surface area contributed by atoms with E-state index in [1.165, 1.54) is 19.4 Å². The van der Waals surface area contributed by atoms with Gasteiger partial charge in [-0.05, 0) is 12.5 Å². The molecule has 1 aromatic rings. The standard InChI is InChI=1S/C13H18ClN3O3S/c1-20-8-5-16-21(18,19)11-9-12(14)13(15-10-11)17-6-3-2-4-7-17/h2-3,9-10,16H,4-8H2,1H3. The fourth-order valence-electron chi connectivity index (χ4n) is 1.99. The van der Waals surface area contributed by atoms with Crippen LogP contribution in [-0.4, -0.2) is 46.8 Å². The molecule has 0 amide bonds. The van der Waals surface area contributed by atoms with Gasteiger partial charge in [0.15, 0.2) is 0 Å². The molecule has 8 heteroatoms. The van der Waals surface area contributed by atoms with Crippen LogP contribution in [0.3, 0.4) is 0 Å². The van der Waals surface area contributed by atoms with Crippen molar-refractivity contribution in [1.29, 1.82) is 0 Å². The Kier molecular flexibility index (Phi) is 5.58. The molecular formula is C13H18ClN3O3S. The SMILES string of the molecule is COCCNS(=O)(=O)c1cnc(N2CC=CCC2)c(Cl)c1. The fourth-order valence-corrected chi connectivity index (χ4v) is 3.32. The van der Waals surface area contributed by atoms with Crippen molar-refractivity contribution in [3.63, 3.8) is 0 Å². The van der Waals surface area contributed by atoms with Crippen LogP contribution >= 0.6 is 11.6 Å². The molecule has 0 aromatic carbocycles. The normalized spacial score (nSPS) is 15.4. The second kappa shape index (κ2) is 7.22. The van der Waals surface area contributed by atoms with Crippen LogP contribution in [0.5, 0.6) is 0 Å². The quantitative estimate of drug-likeness (QED) is 0.630. The lowest BCUT2D eigenvalue weighted by Gasteiger charge is -2.25. The molecule has 0 unspecified atom stereocenters. The first-order valence-corrected chi connectivity index (χ1v) is 8.45. The van der Waals surface area contributed by atoms with Crippen molar-refractivity contribution in [2.75, 3.05) is 38.3 Å². The Balaban J connectivity index is 2.16. The summed E-state index contributed by atoms with van der Waals surface area (Å²) in [6.07, 6.45) is 6.40. The first kappa shape index (κ1) is 16.2. The maximum absolute atomic E-state index is 12.1. The average Bonchev–Trinajstić information content (AvgIpc) is 2.48. The largest absolute Gasteiger partial charge is 0.383 e. The molecule has 0 saturated heterocycles. The molecule has 0 aliphatic carbocycles. The molecule has 0 fully saturated rings.